The molecule has 1 aromatic rings. The van der Waals surface area contributed by atoms with E-state index in [-0.39, 0.29) is 24.4 Å². The summed E-state index contributed by atoms with van der Waals surface area (Å²) in [6, 6.07) is 4.20. The minimum absolute atomic E-state index is 0.118. The van der Waals surface area contributed by atoms with E-state index in [1.807, 2.05) is 0 Å². The Morgan fingerprint density at radius 3 is 2.08 bits per heavy atom. The van der Waals surface area contributed by atoms with Gasteiger partial charge in [0.15, 0.2) is 5.60 Å². The van der Waals surface area contributed by atoms with Crippen LogP contribution in [0.25, 0.3) is 0 Å². The van der Waals surface area contributed by atoms with Gasteiger partial charge in [-0.15, -0.1) is 0 Å². The number of amides is 1. The average molecular weight is 606 g/mol. The summed E-state index contributed by atoms with van der Waals surface area (Å²) < 4.78 is 101. The number of hydrogen-bond donors (Lipinski definition) is 3. The van der Waals surface area contributed by atoms with Gasteiger partial charge in [0, 0.05) is 18.7 Å². The van der Waals surface area contributed by atoms with Gasteiger partial charge in [-0.2, -0.15) is 52.1 Å². The Kier molecular flexibility index (Phi) is 14.7. The maximum atomic E-state index is 13.1. The standard InChI is InChI=1S/C26H35F8N3O2S/c1-23(39,22(38)37-20-11-10-19(17-35)21(16-20)25(29,30)31)18-36-13-7-5-3-2-4-6-8-14-40-15-9-12-24(27,28)26(32,33)34/h10-11,16,36,39H,2-9,12-15,18H2,1H3,(H,37,38)/t23-/m0/s1. The molecule has 3 N–H and O–H groups in total. The zero-order chi connectivity index (χ0) is 30.5. The van der Waals surface area contributed by atoms with Crippen LogP contribution in [0, 0.1) is 11.3 Å². The minimum Gasteiger partial charge on any atom is -0.379 e. The molecule has 14 heteroatoms. The van der Waals surface area contributed by atoms with E-state index in [1.54, 1.807) is 0 Å². The lowest BCUT2D eigenvalue weighted by Crippen LogP contribution is -2.48. The van der Waals surface area contributed by atoms with Gasteiger partial charge < -0.3 is 15.7 Å². The summed E-state index contributed by atoms with van der Waals surface area (Å²) in [6.07, 6.45) is -5.26. The van der Waals surface area contributed by atoms with E-state index in [1.165, 1.54) is 24.8 Å². The van der Waals surface area contributed by atoms with Crippen LogP contribution in [0.4, 0.5) is 40.8 Å². The molecule has 0 aliphatic rings. The molecule has 0 aliphatic heterocycles. The number of anilines is 1. The molecule has 0 fully saturated rings. The van der Waals surface area contributed by atoms with Crippen LogP contribution in [0.3, 0.4) is 0 Å². The summed E-state index contributed by atoms with van der Waals surface area (Å²) in [5, 5.41) is 24.5. The van der Waals surface area contributed by atoms with Crippen molar-refractivity contribution < 1.29 is 45.0 Å². The molecule has 0 radical (unpaired) electrons. The summed E-state index contributed by atoms with van der Waals surface area (Å²) in [5.41, 5.74) is -3.84. The zero-order valence-corrected chi connectivity index (χ0v) is 23.0. The topological polar surface area (TPSA) is 85.2 Å². The SMILES string of the molecule is C[C@](O)(CNCCCCCCCCCSCCCC(F)(F)C(F)(F)F)C(=O)Nc1ccc(C#N)c(C(F)(F)F)c1. The molecule has 0 unspecified atom stereocenters. The van der Waals surface area contributed by atoms with Crippen molar-refractivity contribution in [3.05, 3.63) is 29.3 Å². The number of nitrogens with zero attached hydrogens (tertiary/aromatic N) is 1. The predicted molar refractivity (Wildman–Crippen MR) is 138 cm³/mol. The van der Waals surface area contributed by atoms with Crippen molar-refractivity contribution in [2.45, 2.75) is 88.6 Å². The number of aliphatic hydroxyl groups is 1. The Morgan fingerprint density at radius 1 is 0.925 bits per heavy atom. The van der Waals surface area contributed by atoms with Crippen LogP contribution >= 0.6 is 11.8 Å². The number of nitriles is 1. The minimum atomic E-state index is -5.49. The van der Waals surface area contributed by atoms with Crippen molar-refractivity contribution >= 4 is 23.4 Å². The smallest absolute Gasteiger partial charge is 0.379 e. The van der Waals surface area contributed by atoms with Gasteiger partial charge >= 0.3 is 18.3 Å². The Bertz CT molecular complexity index is 963. The largest absolute Gasteiger partial charge is 0.453 e. The van der Waals surface area contributed by atoms with Gasteiger partial charge in [-0.05, 0) is 62.4 Å². The normalized spacial score (nSPS) is 14.0. The number of carbonyl (C=O) groups is 1. The fourth-order valence-corrected chi connectivity index (χ4v) is 4.57. The molecule has 1 aromatic carbocycles. The molecule has 0 heterocycles. The zero-order valence-electron chi connectivity index (χ0n) is 22.2. The van der Waals surface area contributed by atoms with E-state index in [4.69, 9.17) is 5.26 Å². The second kappa shape index (κ2) is 16.4. The Hall–Kier alpha value is -2.11. The number of benzene rings is 1. The van der Waals surface area contributed by atoms with Crippen molar-refractivity contribution in [2.24, 2.45) is 0 Å². The maximum Gasteiger partial charge on any atom is 0.453 e. The molecule has 0 saturated carbocycles. The fraction of sp³-hybridized carbons (Fsp3) is 0.692. The molecule has 0 aliphatic carbocycles. The molecule has 0 bridgehead atoms. The van der Waals surface area contributed by atoms with Crippen LogP contribution in [-0.2, 0) is 11.0 Å². The summed E-state index contributed by atoms with van der Waals surface area (Å²) in [4.78, 5) is 12.4. The van der Waals surface area contributed by atoms with E-state index in [0.29, 0.717) is 18.4 Å². The first-order chi connectivity index (χ1) is 18.5. The molecule has 1 rings (SSSR count). The number of unbranched alkanes of at least 4 members (excludes halogenated alkanes) is 6. The summed E-state index contributed by atoms with van der Waals surface area (Å²) in [7, 11) is 0. The van der Waals surface area contributed by atoms with Gasteiger partial charge in [-0.1, -0.05) is 32.1 Å². The van der Waals surface area contributed by atoms with Crippen molar-refractivity contribution in [3.8, 4) is 6.07 Å². The highest BCUT2D eigenvalue weighted by atomic mass is 32.2. The Morgan fingerprint density at radius 2 is 1.50 bits per heavy atom. The van der Waals surface area contributed by atoms with E-state index in [9.17, 15) is 45.0 Å². The number of hydrogen-bond acceptors (Lipinski definition) is 5. The van der Waals surface area contributed by atoms with Gasteiger partial charge in [-0.3, -0.25) is 4.79 Å². The van der Waals surface area contributed by atoms with Gasteiger partial charge in [-0.25, -0.2) is 0 Å². The third kappa shape index (κ3) is 13.0. The maximum absolute atomic E-state index is 13.1. The van der Waals surface area contributed by atoms with E-state index >= 15 is 0 Å². The molecule has 5 nitrogen and oxygen atoms in total. The monoisotopic (exact) mass is 605 g/mol. The van der Waals surface area contributed by atoms with Crippen LogP contribution in [0.15, 0.2) is 18.2 Å². The second-order valence-corrected chi connectivity index (χ2v) is 10.9. The lowest BCUT2D eigenvalue weighted by atomic mass is 10.0. The lowest BCUT2D eigenvalue weighted by molar-refractivity contribution is -0.284. The van der Waals surface area contributed by atoms with E-state index < -0.39 is 47.3 Å². The van der Waals surface area contributed by atoms with Crippen LogP contribution in [-0.4, -0.2) is 53.3 Å². The van der Waals surface area contributed by atoms with E-state index in [0.717, 1.165) is 57.1 Å². The van der Waals surface area contributed by atoms with Gasteiger partial charge in [0.25, 0.3) is 5.91 Å². The number of halogens is 8. The molecule has 0 spiro atoms. The first kappa shape index (κ1) is 35.9. The third-order valence-corrected chi connectivity index (χ3v) is 7.15. The Labute approximate surface area is 233 Å². The molecular formula is C26H35F8N3O2S. The molecule has 228 valence electrons. The predicted octanol–water partition coefficient (Wildman–Crippen LogP) is 7.30. The number of thioether (sulfide) groups is 1. The molecule has 0 aromatic heterocycles. The number of carbonyl (C=O) groups excluding carboxylic acids is 1. The van der Waals surface area contributed by atoms with Crippen LogP contribution in [0.2, 0.25) is 0 Å². The summed E-state index contributed by atoms with van der Waals surface area (Å²) >= 11 is 1.37. The van der Waals surface area contributed by atoms with Gasteiger partial charge in [0.2, 0.25) is 0 Å². The first-order valence-electron chi connectivity index (χ1n) is 12.9. The van der Waals surface area contributed by atoms with Crippen molar-refractivity contribution in [2.75, 3.05) is 29.9 Å². The first-order valence-corrected chi connectivity index (χ1v) is 14.0. The highest BCUT2D eigenvalue weighted by Gasteiger charge is 2.56. The molecule has 40 heavy (non-hydrogen) atoms. The van der Waals surface area contributed by atoms with Crippen molar-refractivity contribution in [1.29, 1.82) is 5.26 Å². The van der Waals surface area contributed by atoms with E-state index in [2.05, 4.69) is 10.6 Å². The molecular weight excluding hydrogens is 570 g/mol. The van der Waals surface area contributed by atoms with Crippen LogP contribution < -0.4 is 10.6 Å². The van der Waals surface area contributed by atoms with Gasteiger partial charge in [0.1, 0.15) is 0 Å². The molecule has 0 saturated heterocycles. The quantitative estimate of drug-likeness (QED) is 0.121. The highest BCUT2D eigenvalue weighted by molar-refractivity contribution is 7.99. The average Bonchev–Trinajstić information content (AvgIpc) is 2.85. The van der Waals surface area contributed by atoms with Crippen LogP contribution in [0.5, 0.6) is 0 Å². The summed E-state index contributed by atoms with van der Waals surface area (Å²) in [5.74, 6) is -4.54. The number of rotatable bonds is 18. The highest BCUT2D eigenvalue weighted by Crippen LogP contribution is 2.39. The fourth-order valence-electron chi connectivity index (χ4n) is 3.61. The summed E-state index contributed by atoms with van der Waals surface area (Å²) in [6.45, 7) is 1.63. The van der Waals surface area contributed by atoms with Crippen molar-refractivity contribution in [3.63, 3.8) is 0 Å². The van der Waals surface area contributed by atoms with Crippen molar-refractivity contribution in [1.82, 2.24) is 5.32 Å². The van der Waals surface area contributed by atoms with Crippen LogP contribution in [0.1, 0.15) is 75.8 Å². The molecule has 1 atom stereocenters. The molecule has 1 amide bonds. The third-order valence-electron chi connectivity index (χ3n) is 6.00. The van der Waals surface area contributed by atoms with Gasteiger partial charge in [0.05, 0.1) is 17.2 Å². The number of nitrogens with one attached hydrogen (secondary N) is 2. The second-order valence-electron chi connectivity index (χ2n) is 9.67. The Balaban J connectivity index is 2.13. The lowest BCUT2D eigenvalue weighted by Gasteiger charge is -2.23. The number of alkyl halides is 8.